The first-order chi connectivity index (χ1) is 11.4. The second-order valence-electron chi connectivity index (χ2n) is 6.61. The average Bonchev–Trinajstić information content (AvgIpc) is 2.45. The Bertz CT molecular complexity index is 729. The predicted octanol–water partition coefficient (Wildman–Crippen LogP) is 1.43. The minimum absolute atomic E-state index is 0.0463. The van der Waals surface area contributed by atoms with Crippen molar-refractivity contribution in [3.05, 3.63) is 29.3 Å². The van der Waals surface area contributed by atoms with E-state index in [9.17, 15) is 18.0 Å². The predicted molar refractivity (Wildman–Crippen MR) is 96.8 cm³/mol. The number of carbonyl (C=O) groups excluding carboxylic acids is 2. The van der Waals surface area contributed by atoms with Crippen LogP contribution in [0.3, 0.4) is 0 Å². The summed E-state index contributed by atoms with van der Waals surface area (Å²) in [6.07, 6.45) is -0.100. The maximum absolute atomic E-state index is 12.1. The van der Waals surface area contributed by atoms with E-state index in [1.165, 1.54) is 12.1 Å². The molecule has 1 aromatic rings. The van der Waals surface area contributed by atoms with Crippen molar-refractivity contribution < 1.29 is 18.0 Å². The van der Waals surface area contributed by atoms with E-state index >= 15 is 0 Å². The number of hydrogen-bond donors (Lipinski definition) is 3. The largest absolute Gasteiger partial charge is 0.350 e. The summed E-state index contributed by atoms with van der Waals surface area (Å²) in [5, 5.41) is 5.38. The van der Waals surface area contributed by atoms with Crippen LogP contribution >= 0.6 is 11.6 Å². The van der Waals surface area contributed by atoms with E-state index in [2.05, 4.69) is 15.4 Å². The lowest BCUT2D eigenvalue weighted by atomic mass is 10.1. The minimum Gasteiger partial charge on any atom is -0.350 e. The maximum atomic E-state index is 12.1. The average molecular weight is 390 g/mol. The number of halogens is 1. The number of sulfonamides is 1. The van der Waals surface area contributed by atoms with Crippen LogP contribution in [-0.2, 0) is 19.6 Å². The van der Waals surface area contributed by atoms with Gasteiger partial charge in [-0.1, -0.05) is 23.7 Å². The molecule has 1 atom stereocenters. The van der Waals surface area contributed by atoms with Crippen LogP contribution in [0.4, 0.5) is 0 Å². The van der Waals surface area contributed by atoms with Crippen molar-refractivity contribution in [3.8, 4) is 0 Å². The molecule has 0 spiro atoms. The summed E-state index contributed by atoms with van der Waals surface area (Å²) in [6, 6.07) is 5.32. The lowest BCUT2D eigenvalue weighted by Gasteiger charge is -2.23. The molecule has 9 heteroatoms. The number of nitrogens with one attached hydrogen (secondary N) is 3. The highest BCUT2D eigenvalue weighted by Crippen LogP contribution is 2.19. The van der Waals surface area contributed by atoms with Crippen LogP contribution in [0.2, 0.25) is 5.02 Å². The van der Waals surface area contributed by atoms with Gasteiger partial charge in [-0.2, -0.15) is 0 Å². The molecular formula is C16H24ClN3O4S. The molecule has 0 aliphatic carbocycles. The molecule has 1 rings (SSSR count). The van der Waals surface area contributed by atoms with Gasteiger partial charge in [-0.05, 0) is 39.8 Å². The maximum Gasteiger partial charge on any atom is 0.242 e. The van der Waals surface area contributed by atoms with Gasteiger partial charge in [-0.15, -0.1) is 0 Å². The molecule has 0 radical (unpaired) electrons. The fraction of sp³-hybridized carbons (Fsp3) is 0.500. The number of carbonyl (C=O) groups is 2. The van der Waals surface area contributed by atoms with E-state index in [0.717, 1.165) is 0 Å². The second-order valence-corrected chi connectivity index (χ2v) is 8.75. The summed E-state index contributed by atoms with van der Waals surface area (Å²) in [4.78, 5) is 23.7. The summed E-state index contributed by atoms with van der Waals surface area (Å²) in [7, 11) is -3.80. The third-order valence-electron chi connectivity index (χ3n) is 3.04. The Labute approximate surface area is 153 Å². The Morgan fingerprint density at radius 2 is 1.80 bits per heavy atom. The zero-order chi connectivity index (χ0) is 19.3. The number of rotatable bonds is 7. The fourth-order valence-corrected chi connectivity index (χ4v) is 3.45. The third kappa shape index (κ3) is 7.41. The first kappa shape index (κ1) is 21.4. The van der Waals surface area contributed by atoms with Gasteiger partial charge in [0.2, 0.25) is 21.8 Å². The lowest BCUT2D eigenvalue weighted by molar-refractivity contribution is -0.129. The smallest absolute Gasteiger partial charge is 0.242 e. The SMILES string of the molecule is CC(NC(=O)CCNS(=O)(=O)c1ccccc1Cl)C(=O)NC(C)(C)C. The molecule has 1 unspecified atom stereocenters. The van der Waals surface area contributed by atoms with E-state index < -0.39 is 27.5 Å². The van der Waals surface area contributed by atoms with E-state index in [1.807, 2.05) is 20.8 Å². The summed E-state index contributed by atoms with van der Waals surface area (Å²) >= 11 is 5.86. The van der Waals surface area contributed by atoms with E-state index in [-0.39, 0.29) is 28.8 Å². The van der Waals surface area contributed by atoms with Gasteiger partial charge in [0.05, 0.1) is 5.02 Å². The van der Waals surface area contributed by atoms with Crippen LogP contribution < -0.4 is 15.4 Å². The number of amides is 2. The zero-order valence-electron chi connectivity index (χ0n) is 14.7. The molecule has 140 valence electrons. The highest BCUT2D eigenvalue weighted by Gasteiger charge is 2.21. The second kappa shape index (κ2) is 8.64. The van der Waals surface area contributed by atoms with Crippen molar-refractivity contribution in [2.45, 2.75) is 50.6 Å². The lowest BCUT2D eigenvalue weighted by Crippen LogP contribution is -2.51. The Balaban J connectivity index is 2.49. The van der Waals surface area contributed by atoms with Crippen molar-refractivity contribution in [3.63, 3.8) is 0 Å². The molecule has 1 aromatic carbocycles. The topological polar surface area (TPSA) is 104 Å². The molecule has 0 fully saturated rings. The number of benzene rings is 1. The first-order valence-electron chi connectivity index (χ1n) is 7.78. The minimum atomic E-state index is -3.80. The monoisotopic (exact) mass is 389 g/mol. The molecule has 0 heterocycles. The van der Waals surface area contributed by atoms with Gasteiger partial charge in [0, 0.05) is 18.5 Å². The molecule has 0 aliphatic rings. The molecule has 0 bridgehead atoms. The molecule has 0 saturated heterocycles. The highest BCUT2D eigenvalue weighted by atomic mass is 35.5. The molecule has 7 nitrogen and oxygen atoms in total. The van der Waals surface area contributed by atoms with Crippen molar-refractivity contribution in [2.75, 3.05) is 6.54 Å². The van der Waals surface area contributed by atoms with Crippen LogP contribution in [0.5, 0.6) is 0 Å². The van der Waals surface area contributed by atoms with E-state index in [1.54, 1.807) is 19.1 Å². The van der Waals surface area contributed by atoms with Gasteiger partial charge in [0.15, 0.2) is 0 Å². The van der Waals surface area contributed by atoms with Crippen LogP contribution in [-0.4, -0.2) is 38.4 Å². The molecule has 0 aromatic heterocycles. The van der Waals surface area contributed by atoms with E-state index in [0.29, 0.717) is 0 Å². The normalized spacial score (nSPS) is 13.2. The van der Waals surface area contributed by atoms with E-state index in [4.69, 9.17) is 11.6 Å². The van der Waals surface area contributed by atoms with Crippen LogP contribution in [0.1, 0.15) is 34.1 Å². The van der Waals surface area contributed by atoms with Crippen molar-refractivity contribution in [1.29, 1.82) is 0 Å². The first-order valence-corrected chi connectivity index (χ1v) is 9.64. The van der Waals surface area contributed by atoms with Gasteiger partial charge in [-0.3, -0.25) is 9.59 Å². The highest BCUT2D eigenvalue weighted by molar-refractivity contribution is 7.89. The van der Waals surface area contributed by atoms with Gasteiger partial charge in [-0.25, -0.2) is 13.1 Å². The molecular weight excluding hydrogens is 366 g/mol. The van der Waals surface area contributed by atoms with Crippen LogP contribution in [0.15, 0.2) is 29.2 Å². The quantitative estimate of drug-likeness (QED) is 0.656. The Kier molecular flexibility index (Phi) is 7.40. The van der Waals surface area contributed by atoms with Gasteiger partial charge in [0.25, 0.3) is 0 Å². The molecule has 2 amide bonds. The van der Waals surface area contributed by atoms with Gasteiger partial charge in [0.1, 0.15) is 10.9 Å². The van der Waals surface area contributed by atoms with Gasteiger partial charge < -0.3 is 10.6 Å². The van der Waals surface area contributed by atoms with Crippen LogP contribution in [0.25, 0.3) is 0 Å². The Morgan fingerprint density at radius 1 is 1.20 bits per heavy atom. The molecule has 3 N–H and O–H groups in total. The summed E-state index contributed by atoms with van der Waals surface area (Å²) in [5.41, 5.74) is -0.402. The Hall–Kier alpha value is -1.64. The zero-order valence-corrected chi connectivity index (χ0v) is 16.3. The molecule has 25 heavy (non-hydrogen) atoms. The molecule has 0 saturated carbocycles. The summed E-state index contributed by atoms with van der Waals surface area (Å²) in [5.74, 6) is -0.740. The van der Waals surface area contributed by atoms with Crippen molar-refractivity contribution in [2.24, 2.45) is 0 Å². The van der Waals surface area contributed by atoms with Crippen molar-refractivity contribution in [1.82, 2.24) is 15.4 Å². The van der Waals surface area contributed by atoms with Crippen LogP contribution in [0, 0.1) is 0 Å². The standard InChI is InChI=1S/C16H24ClN3O4S/c1-11(15(22)20-16(2,3)4)19-14(21)9-10-18-25(23,24)13-8-6-5-7-12(13)17/h5-8,11,18H,9-10H2,1-4H3,(H,19,21)(H,20,22). The molecule has 0 aliphatic heterocycles. The Morgan fingerprint density at radius 3 is 2.36 bits per heavy atom. The van der Waals surface area contributed by atoms with Crippen molar-refractivity contribution >= 4 is 33.4 Å². The van der Waals surface area contributed by atoms with Gasteiger partial charge >= 0.3 is 0 Å². The third-order valence-corrected chi connectivity index (χ3v) is 5.00. The fourth-order valence-electron chi connectivity index (χ4n) is 1.90. The summed E-state index contributed by atoms with van der Waals surface area (Å²) < 4.78 is 26.6. The number of hydrogen-bond acceptors (Lipinski definition) is 4. The summed E-state index contributed by atoms with van der Waals surface area (Å²) in [6.45, 7) is 6.97.